The third-order valence-electron chi connectivity index (χ3n) is 4.14. The van der Waals surface area contributed by atoms with Crippen molar-refractivity contribution in [3.05, 3.63) is 53.9 Å². The number of carbonyl (C=O) groups excluding carboxylic acids is 1. The summed E-state index contributed by atoms with van der Waals surface area (Å²) in [7, 11) is 0. The number of anilines is 3. The quantitative estimate of drug-likeness (QED) is 0.525. The van der Waals surface area contributed by atoms with Crippen LogP contribution in [0.15, 0.2) is 49.1 Å². The highest BCUT2D eigenvalue weighted by atomic mass is 32.1. The number of rotatable bonds is 4. The lowest BCUT2D eigenvalue weighted by atomic mass is 10.1. The van der Waals surface area contributed by atoms with Gasteiger partial charge in [-0.3, -0.25) is 0 Å². The Hall–Kier alpha value is -4.12. The van der Waals surface area contributed by atoms with Crippen LogP contribution in [0.4, 0.5) is 22.0 Å². The average molecular weight is 406 g/mol. The number of amides is 2. The van der Waals surface area contributed by atoms with E-state index in [1.165, 1.54) is 17.3 Å². The van der Waals surface area contributed by atoms with Gasteiger partial charge in [0.15, 0.2) is 0 Å². The molecule has 11 heteroatoms. The van der Waals surface area contributed by atoms with Crippen molar-refractivity contribution in [1.82, 2.24) is 19.9 Å². The molecular weight excluding hydrogens is 396 g/mol. The van der Waals surface area contributed by atoms with Gasteiger partial charge in [0, 0.05) is 18.6 Å². The van der Waals surface area contributed by atoms with Gasteiger partial charge < -0.3 is 15.2 Å². The zero-order valence-electron chi connectivity index (χ0n) is 14.4. The highest BCUT2D eigenvalue weighted by molar-refractivity contribution is 7.21. The molecule has 4 aromatic heterocycles. The Kier molecular flexibility index (Phi) is 3.81. The van der Waals surface area contributed by atoms with Gasteiger partial charge in [0.2, 0.25) is 0 Å². The third-order valence-corrected chi connectivity index (χ3v) is 5.23. The topological polar surface area (TPSA) is 130 Å². The highest BCUT2D eigenvalue weighted by Gasteiger charge is 2.33. The van der Waals surface area contributed by atoms with E-state index >= 15 is 0 Å². The fourth-order valence-corrected chi connectivity index (χ4v) is 3.93. The molecule has 0 aromatic carbocycles. The van der Waals surface area contributed by atoms with E-state index in [1.807, 2.05) is 0 Å². The molecule has 0 atom stereocenters. The second kappa shape index (κ2) is 6.49. The number of aromatic carboxylic acids is 1. The minimum atomic E-state index is -1.12. The molecule has 2 N–H and O–H groups in total. The molecule has 0 spiro atoms. The molecule has 5 rings (SSSR count). The number of urea groups is 1. The lowest BCUT2D eigenvalue weighted by Gasteiger charge is -2.27. The minimum absolute atomic E-state index is 0.0347. The number of thiophene rings is 1. The number of ether oxygens (including phenoxy) is 1. The van der Waals surface area contributed by atoms with Crippen LogP contribution in [0.1, 0.15) is 9.67 Å². The van der Waals surface area contributed by atoms with E-state index in [9.17, 15) is 14.7 Å². The van der Waals surface area contributed by atoms with E-state index in [0.717, 1.165) is 11.3 Å². The monoisotopic (exact) mass is 406 g/mol. The lowest BCUT2D eigenvalue weighted by Crippen LogP contribution is -2.34. The summed E-state index contributed by atoms with van der Waals surface area (Å²) in [6, 6.07) is 6.23. The van der Waals surface area contributed by atoms with Crippen LogP contribution in [0.5, 0.6) is 11.8 Å². The predicted molar refractivity (Wildman–Crippen MR) is 104 cm³/mol. The molecule has 0 saturated heterocycles. The number of aromatic nitrogens is 4. The molecule has 0 aliphatic carbocycles. The van der Waals surface area contributed by atoms with Crippen molar-refractivity contribution in [2.24, 2.45) is 0 Å². The van der Waals surface area contributed by atoms with Crippen molar-refractivity contribution < 1.29 is 19.4 Å². The van der Waals surface area contributed by atoms with Crippen LogP contribution in [0.2, 0.25) is 0 Å². The van der Waals surface area contributed by atoms with Gasteiger partial charge in [0.25, 0.3) is 0 Å². The van der Waals surface area contributed by atoms with Gasteiger partial charge in [-0.25, -0.2) is 34.4 Å². The summed E-state index contributed by atoms with van der Waals surface area (Å²) in [5.74, 6) is -0.378. The molecule has 5 heterocycles. The van der Waals surface area contributed by atoms with Gasteiger partial charge in [-0.2, -0.15) is 0 Å². The van der Waals surface area contributed by atoms with Crippen molar-refractivity contribution in [3.8, 4) is 11.8 Å². The summed E-state index contributed by atoms with van der Waals surface area (Å²) in [5, 5.41) is 12.6. The Morgan fingerprint density at radius 3 is 2.66 bits per heavy atom. The van der Waals surface area contributed by atoms with Gasteiger partial charge in [-0.05, 0) is 24.3 Å². The molecule has 2 amide bonds. The van der Waals surface area contributed by atoms with E-state index in [2.05, 4.69) is 25.3 Å². The zero-order chi connectivity index (χ0) is 20.0. The number of carboxylic acid groups (broad SMARTS) is 1. The highest BCUT2D eigenvalue weighted by Crippen LogP contribution is 2.45. The van der Waals surface area contributed by atoms with Crippen molar-refractivity contribution in [2.45, 2.75) is 0 Å². The normalized spacial score (nSPS) is 12.7. The third kappa shape index (κ3) is 2.80. The molecular formula is C18H10N6O4S. The van der Waals surface area contributed by atoms with E-state index in [0.29, 0.717) is 27.5 Å². The first-order valence-electron chi connectivity index (χ1n) is 8.28. The van der Waals surface area contributed by atoms with Crippen LogP contribution < -0.4 is 15.0 Å². The fraction of sp³-hybridized carbons (Fsp3) is 0. The Labute approximate surface area is 166 Å². The van der Waals surface area contributed by atoms with Gasteiger partial charge in [-0.1, -0.05) is 0 Å². The standard InChI is InChI=1S/C18H10N6O4S/c25-16(26)14-13-12-10(4-7-19-15(12)29-14)24(18(27)23-13)11-3-2-9(8-22-11)28-17-20-5-1-6-21-17/h1-8H,(H,23,27)(H,25,26). The SMILES string of the molecule is O=C(O)c1sc2nccc3c2c1NC(=O)N3c1ccc(Oc2ncccn2)cn1. The maximum atomic E-state index is 12.8. The van der Waals surface area contributed by atoms with Crippen molar-refractivity contribution in [1.29, 1.82) is 0 Å². The molecule has 10 nitrogen and oxygen atoms in total. The van der Waals surface area contributed by atoms with Gasteiger partial charge in [0.05, 0.1) is 23.0 Å². The Morgan fingerprint density at radius 2 is 1.93 bits per heavy atom. The maximum absolute atomic E-state index is 12.8. The maximum Gasteiger partial charge on any atom is 0.348 e. The van der Waals surface area contributed by atoms with Crippen LogP contribution in [0.3, 0.4) is 0 Å². The summed E-state index contributed by atoms with van der Waals surface area (Å²) in [4.78, 5) is 42.7. The first-order chi connectivity index (χ1) is 14.1. The van der Waals surface area contributed by atoms with E-state index in [1.54, 1.807) is 36.7 Å². The molecule has 29 heavy (non-hydrogen) atoms. The second-order valence-corrected chi connectivity index (χ2v) is 6.87. The Morgan fingerprint density at radius 1 is 1.10 bits per heavy atom. The summed E-state index contributed by atoms with van der Waals surface area (Å²) in [5.41, 5.74) is 0.757. The molecule has 1 aliphatic heterocycles. The van der Waals surface area contributed by atoms with Gasteiger partial charge in [-0.15, -0.1) is 11.3 Å². The van der Waals surface area contributed by atoms with Gasteiger partial charge in [0.1, 0.15) is 21.3 Å². The molecule has 4 aromatic rings. The number of hydrogen-bond acceptors (Lipinski definition) is 8. The van der Waals surface area contributed by atoms with Gasteiger partial charge >= 0.3 is 18.0 Å². The Bertz CT molecular complexity index is 1260. The molecule has 0 fully saturated rings. The van der Waals surface area contributed by atoms with Crippen LogP contribution in [-0.4, -0.2) is 37.0 Å². The number of carbonyl (C=O) groups is 2. The van der Waals surface area contributed by atoms with E-state index in [-0.39, 0.29) is 16.6 Å². The van der Waals surface area contributed by atoms with Crippen LogP contribution >= 0.6 is 11.3 Å². The number of pyridine rings is 2. The number of nitrogens with one attached hydrogen (secondary N) is 1. The van der Waals surface area contributed by atoms with E-state index < -0.39 is 12.0 Å². The molecule has 0 radical (unpaired) electrons. The van der Waals surface area contributed by atoms with Crippen LogP contribution in [0, 0.1) is 0 Å². The fourth-order valence-electron chi connectivity index (χ4n) is 2.97. The molecule has 0 bridgehead atoms. The number of hydrogen-bond donors (Lipinski definition) is 2. The summed E-state index contributed by atoms with van der Waals surface area (Å²) in [6.45, 7) is 0. The first kappa shape index (κ1) is 17.0. The van der Waals surface area contributed by atoms with Crippen molar-refractivity contribution in [2.75, 3.05) is 10.2 Å². The molecule has 1 aliphatic rings. The van der Waals surface area contributed by atoms with E-state index in [4.69, 9.17) is 4.74 Å². The van der Waals surface area contributed by atoms with Crippen LogP contribution in [-0.2, 0) is 0 Å². The summed E-state index contributed by atoms with van der Waals surface area (Å²) < 4.78 is 5.51. The lowest BCUT2D eigenvalue weighted by molar-refractivity contribution is 0.0703. The molecule has 142 valence electrons. The average Bonchev–Trinajstić information content (AvgIpc) is 3.10. The molecule has 0 saturated carbocycles. The predicted octanol–water partition coefficient (Wildman–Crippen LogP) is 3.66. The second-order valence-electron chi connectivity index (χ2n) is 5.87. The van der Waals surface area contributed by atoms with Crippen molar-refractivity contribution in [3.63, 3.8) is 0 Å². The summed E-state index contributed by atoms with van der Waals surface area (Å²) >= 11 is 1.01. The number of carboxylic acids is 1. The van der Waals surface area contributed by atoms with Crippen molar-refractivity contribution >= 4 is 50.7 Å². The minimum Gasteiger partial charge on any atom is -0.477 e. The zero-order valence-corrected chi connectivity index (χ0v) is 15.3. The van der Waals surface area contributed by atoms with Crippen LogP contribution in [0.25, 0.3) is 10.2 Å². The first-order valence-corrected chi connectivity index (χ1v) is 9.10. The largest absolute Gasteiger partial charge is 0.477 e. The smallest absolute Gasteiger partial charge is 0.348 e. The Balaban J connectivity index is 1.54. The summed E-state index contributed by atoms with van der Waals surface area (Å²) in [6.07, 6.45) is 6.09. The number of nitrogens with zero attached hydrogens (tertiary/aromatic N) is 5. The molecule has 0 unspecified atom stereocenters.